The Hall–Kier alpha value is -1.25. The van der Waals surface area contributed by atoms with Gasteiger partial charge in [0.2, 0.25) is 0 Å². The van der Waals surface area contributed by atoms with Gasteiger partial charge in [-0.2, -0.15) is 0 Å². The average Bonchev–Trinajstić information content (AvgIpc) is 1.96. The highest BCUT2D eigenvalue weighted by Gasteiger charge is 1.99. The second kappa shape index (κ2) is 2.78. The van der Waals surface area contributed by atoms with Crippen molar-refractivity contribution in [2.75, 3.05) is 0 Å². The van der Waals surface area contributed by atoms with E-state index < -0.39 is 0 Å². The van der Waals surface area contributed by atoms with Crippen LogP contribution in [0.1, 0.15) is 12.6 Å². The molecule has 1 N–H and O–H groups in total. The zero-order valence-electron chi connectivity index (χ0n) is 6.66. The minimum absolute atomic E-state index is 0.0463. The third-order valence-electron chi connectivity index (χ3n) is 1.71. The van der Waals surface area contributed by atoms with Crippen LogP contribution in [0.3, 0.4) is 0 Å². The summed E-state index contributed by atoms with van der Waals surface area (Å²) in [7, 11) is 1.70. The third-order valence-corrected chi connectivity index (χ3v) is 1.71. The molecular weight excluding hydrogens is 142 g/mol. The highest BCUT2D eigenvalue weighted by atomic mass is 16.3. The molecule has 0 saturated heterocycles. The average molecular weight is 153 g/mol. The van der Waals surface area contributed by atoms with Crippen molar-refractivity contribution >= 4 is 0 Å². The van der Waals surface area contributed by atoms with Crippen LogP contribution in [0.2, 0.25) is 0 Å². The normalized spacial score (nSPS) is 10.0. The fraction of sp³-hybridized carbons (Fsp3) is 0.375. The lowest BCUT2D eigenvalue weighted by Crippen LogP contribution is -2.18. The lowest BCUT2D eigenvalue weighted by Gasteiger charge is -2.04. The number of rotatable bonds is 1. The second-order valence-corrected chi connectivity index (χ2v) is 2.46. The van der Waals surface area contributed by atoms with E-state index in [4.69, 9.17) is 5.11 Å². The van der Waals surface area contributed by atoms with Crippen molar-refractivity contribution in [2.45, 2.75) is 13.3 Å². The fourth-order valence-corrected chi connectivity index (χ4v) is 1.01. The van der Waals surface area contributed by atoms with Gasteiger partial charge in [0.25, 0.3) is 5.56 Å². The molecule has 3 nitrogen and oxygen atoms in total. The Morgan fingerprint density at radius 3 is 2.73 bits per heavy atom. The molecular formula is C8H11NO2. The molecule has 0 amide bonds. The van der Waals surface area contributed by atoms with Crippen LogP contribution in [0.25, 0.3) is 0 Å². The number of aryl methyl sites for hydroxylation is 1. The Bertz CT molecular complexity index is 314. The first-order valence-corrected chi connectivity index (χ1v) is 3.54. The van der Waals surface area contributed by atoms with E-state index in [-0.39, 0.29) is 11.3 Å². The molecule has 3 heteroatoms. The molecule has 1 aromatic heterocycles. The Morgan fingerprint density at radius 1 is 1.55 bits per heavy atom. The molecule has 0 unspecified atom stereocenters. The molecule has 0 aliphatic rings. The van der Waals surface area contributed by atoms with Crippen LogP contribution >= 0.6 is 0 Å². The predicted molar refractivity (Wildman–Crippen MR) is 42.7 cm³/mol. The van der Waals surface area contributed by atoms with Gasteiger partial charge < -0.3 is 9.67 Å². The first-order chi connectivity index (χ1) is 5.15. The van der Waals surface area contributed by atoms with Gasteiger partial charge >= 0.3 is 0 Å². The Morgan fingerprint density at radius 2 is 2.18 bits per heavy atom. The highest BCUT2D eigenvalue weighted by Crippen LogP contribution is 2.06. The Kier molecular flexibility index (Phi) is 1.98. The molecule has 11 heavy (non-hydrogen) atoms. The summed E-state index contributed by atoms with van der Waals surface area (Å²) in [5.41, 5.74) is 0.678. The summed E-state index contributed by atoms with van der Waals surface area (Å²) < 4.78 is 1.53. The van der Waals surface area contributed by atoms with Crippen molar-refractivity contribution in [1.82, 2.24) is 4.57 Å². The van der Waals surface area contributed by atoms with Crippen LogP contribution in [0, 0.1) is 0 Å². The topological polar surface area (TPSA) is 42.2 Å². The van der Waals surface area contributed by atoms with Crippen molar-refractivity contribution in [1.29, 1.82) is 0 Å². The van der Waals surface area contributed by atoms with E-state index in [1.54, 1.807) is 13.1 Å². The first kappa shape index (κ1) is 7.85. The minimum Gasteiger partial charge on any atom is -0.508 e. The van der Waals surface area contributed by atoms with E-state index >= 15 is 0 Å². The number of hydrogen-bond acceptors (Lipinski definition) is 2. The van der Waals surface area contributed by atoms with Crippen molar-refractivity contribution in [2.24, 2.45) is 7.05 Å². The first-order valence-electron chi connectivity index (χ1n) is 3.54. The molecule has 0 fully saturated rings. The molecule has 0 saturated carbocycles. The van der Waals surface area contributed by atoms with Gasteiger partial charge in [-0.25, -0.2) is 0 Å². The SMILES string of the molecule is CCc1cc(O)cc(=O)n1C. The third kappa shape index (κ3) is 1.42. The molecule has 0 spiro atoms. The quantitative estimate of drug-likeness (QED) is 0.643. The monoisotopic (exact) mass is 153 g/mol. The smallest absolute Gasteiger partial charge is 0.254 e. The van der Waals surface area contributed by atoms with Gasteiger partial charge in [0.15, 0.2) is 0 Å². The highest BCUT2D eigenvalue weighted by molar-refractivity contribution is 5.21. The van der Waals surface area contributed by atoms with E-state index in [1.165, 1.54) is 10.6 Å². The van der Waals surface area contributed by atoms with Crippen LogP contribution in [-0.4, -0.2) is 9.67 Å². The second-order valence-electron chi connectivity index (χ2n) is 2.46. The summed E-state index contributed by atoms with van der Waals surface area (Å²) in [4.78, 5) is 11.0. The maximum Gasteiger partial charge on any atom is 0.254 e. The van der Waals surface area contributed by atoms with Gasteiger partial charge in [0, 0.05) is 18.8 Å². The minimum atomic E-state index is -0.165. The largest absolute Gasteiger partial charge is 0.508 e. The Labute approximate surface area is 64.9 Å². The number of hydrogen-bond donors (Lipinski definition) is 1. The number of pyridine rings is 1. The fourth-order valence-electron chi connectivity index (χ4n) is 1.01. The van der Waals surface area contributed by atoms with Gasteiger partial charge in [-0.15, -0.1) is 0 Å². The number of aromatic hydroxyl groups is 1. The molecule has 60 valence electrons. The molecule has 0 aliphatic carbocycles. The van der Waals surface area contributed by atoms with Gasteiger partial charge in [0.05, 0.1) is 0 Å². The number of nitrogens with zero attached hydrogens (tertiary/aromatic N) is 1. The molecule has 1 heterocycles. The maximum atomic E-state index is 11.0. The molecule has 1 rings (SSSR count). The zero-order valence-corrected chi connectivity index (χ0v) is 6.66. The maximum absolute atomic E-state index is 11.0. The van der Waals surface area contributed by atoms with Crippen molar-refractivity contribution < 1.29 is 5.11 Å². The van der Waals surface area contributed by atoms with E-state index in [1.807, 2.05) is 6.92 Å². The summed E-state index contributed by atoms with van der Waals surface area (Å²) in [5, 5.41) is 9.04. The zero-order chi connectivity index (χ0) is 8.43. The molecule has 0 aromatic carbocycles. The number of aromatic nitrogens is 1. The molecule has 0 bridgehead atoms. The van der Waals surface area contributed by atoms with Gasteiger partial charge in [-0.3, -0.25) is 4.79 Å². The van der Waals surface area contributed by atoms with Gasteiger partial charge in [-0.05, 0) is 12.5 Å². The van der Waals surface area contributed by atoms with E-state index in [9.17, 15) is 4.79 Å². The molecule has 1 aromatic rings. The summed E-state index contributed by atoms with van der Waals surface area (Å²) in [5.74, 6) is 0.0463. The van der Waals surface area contributed by atoms with Crippen LogP contribution in [0.4, 0.5) is 0 Å². The van der Waals surface area contributed by atoms with Crippen LogP contribution < -0.4 is 5.56 Å². The standard InChI is InChI=1S/C8H11NO2/c1-3-6-4-7(10)5-8(11)9(6)2/h4-5,10H,3H2,1-2H3. The molecule has 0 atom stereocenters. The summed E-state index contributed by atoms with van der Waals surface area (Å²) in [6.45, 7) is 1.94. The molecule has 0 radical (unpaired) electrons. The lowest BCUT2D eigenvalue weighted by molar-refractivity contribution is 0.470. The van der Waals surface area contributed by atoms with E-state index in [2.05, 4.69) is 0 Å². The lowest BCUT2D eigenvalue weighted by atomic mass is 10.3. The summed E-state index contributed by atoms with van der Waals surface area (Å²) in [6.07, 6.45) is 0.750. The summed E-state index contributed by atoms with van der Waals surface area (Å²) >= 11 is 0. The summed E-state index contributed by atoms with van der Waals surface area (Å²) in [6, 6.07) is 2.81. The molecule has 0 aliphatic heterocycles. The van der Waals surface area contributed by atoms with Gasteiger partial charge in [-0.1, -0.05) is 6.92 Å². The van der Waals surface area contributed by atoms with E-state index in [0.717, 1.165) is 12.1 Å². The Balaban J connectivity index is 3.36. The van der Waals surface area contributed by atoms with Crippen molar-refractivity contribution in [3.63, 3.8) is 0 Å². The van der Waals surface area contributed by atoms with Crippen LogP contribution in [0.5, 0.6) is 5.75 Å². The van der Waals surface area contributed by atoms with Gasteiger partial charge in [0.1, 0.15) is 5.75 Å². The van der Waals surface area contributed by atoms with E-state index in [0.29, 0.717) is 0 Å². The van der Waals surface area contributed by atoms with Crippen molar-refractivity contribution in [3.8, 4) is 5.75 Å². The van der Waals surface area contributed by atoms with Crippen molar-refractivity contribution in [3.05, 3.63) is 28.2 Å². The van der Waals surface area contributed by atoms with Crippen LogP contribution in [0.15, 0.2) is 16.9 Å². The van der Waals surface area contributed by atoms with Crippen LogP contribution in [-0.2, 0) is 13.5 Å². The predicted octanol–water partition coefficient (Wildman–Crippen LogP) is 0.653.